The molecule has 2 aromatic carbocycles. The van der Waals surface area contributed by atoms with Crippen molar-refractivity contribution in [2.75, 3.05) is 20.4 Å². The number of aliphatic carboxylic acids is 1. The van der Waals surface area contributed by atoms with E-state index in [-0.39, 0.29) is 28.4 Å². The summed E-state index contributed by atoms with van der Waals surface area (Å²) in [4.78, 5) is 11.4. The minimum absolute atomic E-state index is 0.0334. The number of hydrogen-bond acceptors (Lipinski definition) is 3. The zero-order valence-electron chi connectivity index (χ0n) is 26.0. The molecule has 4 nitrogen and oxygen atoms in total. The molecule has 130 valence electrons. The molecule has 3 rings (SSSR count). The molecular formula is C21H23NO3. The summed E-state index contributed by atoms with van der Waals surface area (Å²) in [5, 5.41) is 9.43. The molecule has 0 amide bonds. The summed E-state index contributed by atoms with van der Waals surface area (Å²) in [7, 11) is 0. The maximum atomic E-state index is 11.7. The standard InChI is InChI=1S/C21H23NO3/c1-22(2)11-5-8-18-17-7-4-3-6-16(17)14-25-20-10-9-15(12-19(18)20)13-21(23)24/h3-4,6-10,12H,5,11,13-14H2,1-2H3,(H,23,24)/b18-8-/i1D3,2D3,9D,10D,11D2,12D,13D2. The van der Waals surface area contributed by atoms with Gasteiger partial charge in [-0.1, -0.05) is 36.4 Å². The normalized spacial score (nSPS) is 24.4. The predicted molar refractivity (Wildman–Crippen MR) is 98.8 cm³/mol. The molecule has 1 aliphatic rings. The van der Waals surface area contributed by atoms with Crippen LogP contribution < -0.4 is 4.74 Å². The zero-order chi connectivity index (χ0) is 29.0. The Hall–Kier alpha value is -2.59. The number of ether oxygens (including phenoxy) is 1. The lowest BCUT2D eigenvalue weighted by Gasteiger charge is -2.13. The number of rotatable bonds is 5. The molecular weight excluding hydrogens is 314 g/mol. The van der Waals surface area contributed by atoms with Crippen molar-refractivity contribution in [2.24, 2.45) is 0 Å². The third kappa shape index (κ3) is 4.09. The maximum absolute atomic E-state index is 11.7. The molecule has 1 aliphatic heterocycles. The first-order valence-corrected chi connectivity index (χ1v) is 7.32. The number of hydrogen-bond donors (Lipinski definition) is 1. The fourth-order valence-corrected chi connectivity index (χ4v) is 2.51. The van der Waals surface area contributed by atoms with Crippen molar-refractivity contribution in [3.63, 3.8) is 0 Å². The van der Waals surface area contributed by atoms with E-state index in [0.29, 0.717) is 11.1 Å². The molecule has 2 aromatic rings. The van der Waals surface area contributed by atoms with E-state index in [9.17, 15) is 9.90 Å². The average Bonchev–Trinajstić information content (AvgIpc) is 2.91. The highest BCUT2D eigenvalue weighted by atomic mass is 16.5. The van der Waals surface area contributed by atoms with E-state index in [1.165, 1.54) is 0 Å². The lowest BCUT2D eigenvalue weighted by atomic mass is 9.92. The van der Waals surface area contributed by atoms with E-state index in [2.05, 4.69) is 0 Å². The summed E-state index contributed by atoms with van der Waals surface area (Å²) in [6.07, 6.45) is -2.98. The van der Waals surface area contributed by atoms with Crippen molar-refractivity contribution in [3.05, 3.63) is 70.7 Å². The summed E-state index contributed by atoms with van der Waals surface area (Å²) in [5.74, 6) is -2.35. The van der Waals surface area contributed by atoms with Crippen LogP contribution in [0.4, 0.5) is 0 Å². The molecule has 0 unspecified atom stereocenters. The van der Waals surface area contributed by atoms with Crippen molar-refractivity contribution in [1.29, 1.82) is 0 Å². The van der Waals surface area contributed by atoms with Crippen LogP contribution in [0.1, 0.15) is 46.5 Å². The topological polar surface area (TPSA) is 49.8 Å². The van der Waals surface area contributed by atoms with Crippen LogP contribution in [-0.4, -0.2) is 36.4 Å². The van der Waals surface area contributed by atoms with Crippen molar-refractivity contribution in [2.45, 2.75) is 19.4 Å². The van der Waals surface area contributed by atoms with Crippen LogP contribution in [0.25, 0.3) is 5.57 Å². The second-order valence-electron chi connectivity index (χ2n) is 5.15. The minimum atomic E-state index is -3.35. The number of carbonyl (C=O) groups is 1. The van der Waals surface area contributed by atoms with E-state index in [0.717, 1.165) is 6.08 Å². The number of carboxylic acids is 1. The zero-order valence-corrected chi connectivity index (χ0v) is 13.0. The van der Waals surface area contributed by atoms with Gasteiger partial charge in [0.1, 0.15) is 12.4 Å². The van der Waals surface area contributed by atoms with Gasteiger partial charge in [-0.2, -0.15) is 0 Å². The van der Waals surface area contributed by atoms with Crippen LogP contribution in [0.5, 0.6) is 5.75 Å². The summed E-state index contributed by atoms with van der Waals surface area (Å²) in [5.41, 5.74) is -0.455. The quantitative estimate of drug-likeness (QED) is 0.895. The monoisotopic (exact) mass is 350 g/mol. The van der Waals surface area contributed by atoms with E-state index in [1.54, 1.807) is 24.3 Å². The Labute approximate surface area is 166 Å². The van der Waals surface area contributed by atoms with Crippen LogP contribution in [0, 0.1) is 0 Å². The molecule has 0 aromatic heterocycles. The second kappa shape index (κ2) is 7.53. The van der Waals surface area contributed by atoms with Crippen LogP contribution in [-0.2, 0) is 17.8 Å². The molecule has 4 heteroatoms. The molecule has 0 fully saturated rings. The van der Waals surface area contributed by atoms with Crippen LogP contribution in [0.3, 0.4) is 0 Å². The third-order valence-electron chi connectivity index (χ3n) is 3.51. The number of carboxylic acid groups (broad SMARTS) is 1. The first-order chi connectivity index (χ1) is 17.2. The molecule has 0 saturated carbocycles. The molecule has 0 spiro atoms. The largest absolute Gasteiger partial charge is 0.488 e. The van der Waals surface area contributed by atoms with Crippen molar-refractivity contribution >= 4 is 11.5 Å². The summed E-state index contributed by atoms with van der Waals surface area (Å²) < 4.78 is 109. The fourth-order valence-electron chi connectivity index (χ4n) is 2.51. The van der Waals surface area contributed by atoms with Crippen molar-refractivity contribution in [3.8, 4) is 5.75 Å². The average molecular weight is 350 g/mol. The molecule has 0 radical (unpaired) electrons. The van der Waals surface area contributed by atoms with E-state index in [4.69, 9.17) is 22.6 Å². The van der Waals surface area contributed by atoms with Crippen LogP contribution >= 0.6 is 0 Å². The van der Waals surface area contributed by atoms with Gasteiger partial charge in [0.05, 0.1) is 10.5 Å². The smallest absolute Gasteiger partial charge is 0.307 e. The lowest BCUT2D eigenvalue weighted by molar-refractivity contribution is -0.136. The highest BCUT2D eigenvalue weighted by Gasteiger charge is 2.19. The third-order valence-corrected chi connectivity index (χ3v) is 3.51. The first-order valence-electron chi connectivity index (χ1n) is 13.8. The Bertz CT molecular complexity index is 1280. The fraction of sp³-hybridized carbons (Fsp3) is 0.286. The molecule has 1 heterocycles. The summed E-state index contributed by atoms with van der Waals surface area (Å²) in [6.45, 7) is -9.85. The van der Waals surface area contributed by atoms with E-state index in [1.807, 2.05) is 0 Å². The molecule has 25 heavy (non-hydrogen) atoms. The van der Waals surface area contributed by atoms with Crippen molar-refractivity contribution in [1.82, 2.24) is 4.90 Å². The highest BCUT2D eigenvalue weighted by molar-refractivity contribution is 5.85. The maximum Gasteiger partial charge on any atom is 0.307 e. The van der Waals surface area contributed by atoms with Crippen LogP contribution in [0.15, 0.2) is 48.5 Å². The Morgan fingerprint density at radius 3 is 3.04 bits per heavy atom. The molecule has 1 N–H and O–H groups in total. The lowest BCUT2D eigenvalue weighted by Crippen LogP contribution is -2.12. The molecule has 0 atom stereocenters. The minimum Gasteiger partial charge on any atom is -0.488 e. The molecule has 0 bridgehead atoms. The van der Waals surface area contributed by atoms with Gasteiger partial charge in [0.25, 0.3) is 0 Å². The van der Waals surface area contributed by atoms with Gasteiger partial charge in [-0.15, -0.1) is 0 Å². The second-order valence-corrected chi connectivity index (χ2v) is 5.15. The van der Waals surface area contributed by atoms with Gasteiger partial charge in [-0.05, 0) is 54.7 Å². The Kier molecular flexibility index (Phi) is 2.21. The molecule has 0 aliphatic carbocycles. The van der Waals surface area contributed by atoms with Gasteiger partial charge in [-0.3, -0.25) is 4.79 Å². The van der Waals surface area contributed by atoms with Gasteiger partial charge >= 0.3 is 5.97 Å². The summed E-state index contributed by atoms with van der Waals surface area (Å²) in [6, 6.07) is 4.03. The van der Waals surface area contributed by atoms with Gasteiger partial charge in [-0.25, -0.2) is 0 Å². The van der Waals surface area contributed by atoms with Gasteiger partial charge in [0.2, 0.25) is 0 Å². The van der Waals surface area contributed by atoms with Crippen LogP contribution in [0.2, 0.25) is 0 Å². The predicted octanol–water partition coefficient (Wildman–Crippen LogP) is 3.59. The Balaban J connectivity index is 2.36. The number of fused-ring (bicyclic) bond motifs is 2. The Morgan fingerprint density at radius 1 is 1.40 bits per heavy atom. The van der Waals surface area contributed by atoms with Gasteiger partial charge in [0, 0.05) is 25.8 Å². The van der Waals surface area contributed by atoms with E-state index >= 15 is 0 Å². The van der Waals surface area contributed by atoms with E-state index < -0.39 is 62.9 Å². The highest BCUT2D eigenvalue weighted by Crippen LogP contribution is 2.37. The van der Waals surface area contributed by atoms with Gasteiger partial charge < -0.3 is 14.7 Å². The molecule has 0 saturated heterocycles. The number of nitrogens with zero attached hydrogens (tertiary/aromatic N) is 1. The SMILES string of the molecule is [2H]c1c([2H])c(C([2H])([2H])C(=O)O)c([2H])c2c1OCc1ccccc1/C2=C/CC([2H])([2H])N(C([2H])([2H])[2H])C([2H])([2H])[2H]. The van der Waals surface area contributed by atoms with Gasteiger partial charge in [0.15, 0.2) is 0 Å². The first kappa shape index (κ1) is 7.34. The van der Waals surface area contributed by atoms with Crippen molar-refractivity contribution < 1.29 is 32.5 Å². The Morgan fingerprint density at radius 2 is 2.24 bits per heavy atom. The summed E-state index contributed by atoms with van der Waals surface area (Å²) >= 11 is 0. The number of benzene rings is 2.